The summed E-state index contributed by atoms with van der Waals surface area (Å²) < 4.78 is 8.87. The average Bonchev–Trinajstić information content (AvgIpc) is 3.00. The predicted molar refractivity (Wildman–Crippen MR) is 99.2 cm³/mol. The van der Waals surface area contributed by atoms with Gasteiger partial charge in [0.25, 0.3) is 0 Å². The van der Waals surface area contributed by atoms with Crippen molar-refractivity contribution in [3.63, 3.8) is 0 Å². The molecule has 0 radical (unpaired) electrons. The van der Waals surface area contributed by atoms with Gasteiger partial charge in [-0.05, 0) is 30.5 Å². The Hall–Kier alpha value is -2.48. The Morgan fingerprint density at radius 3 is 2.25 bits per heavy atom. The van der Waals surface area contributed by atoms with E-state index >= 15 is 0 Å². The zero-order chi connectivity index (χ0) is 16.7. The van der Waals surface area contributed by atoms with E-state index in [-0.39, 0.29) is 5.60 Å². The summed E-state index contributed by atoms with van der Waals surface area (Å²) in [5.74, 6) is 0.995. The van der Waals surface area contributed by atoms with E-state index in [9.17, 15) is 0 Å². The first-order valence-electron chi connectivity index (χ1n) is 8.74. The quantitative estimate of drug-likeness (QED) is 0.598. The zero-order valence-corrected chi connectivity index (χ0v) is 14.5. The van der Waals surface area contributed by atoms with Crippen molar-refractivity contribution < 1.29 is 4.74 Å². The highest BCUT2D eigenvalue weighted by Gasteiger charge is 2.42. The fraction of sp³-hybridized carbons (Fsp3) is 0.273. The van der Waals surface area contributed by atoms with E-state index in [0.29, 0.717) is 0 Å². The molecule has 1 aliphatic heterocycles. The maximum Gasteiger partial charge on any atom is 0.136 e. The molecule has 1 aliphatic rings. The molecule has 0 saturated heterocycles. The summed E-state index contributed by atoms with van der Waals surface area (Å²) in [5.41, 5.74) is 6.08. The topological polar surface area (TPSA) is 14.2 Å². The van der Waals surface area contributed by atoms with Gasteiger partial charge in [-0.1, -0.05) is 56.3 Å². The number of aryl methyl sites for hydroxylation is 1. The number of hydrogen-bond donors (Lipinski definition) is 0. The van der Waals surface area contributed by atoms with Gasteiger partial charge in [0.15, 0.2) is 0 Å². The van der Waals surface area contributed by atoms with E-state index in [0.717, 1.165) is 18.6 Å². The summed E-state index contributed by atoms with van der Waals surface area (Å²) in [4.78, 5) is 0. The van der Waals surface area contributed by atoms with Gasteiger partial charge in [-0.15, -0.1) is 0 Å². The summed E-state index contributed by atoms with van der Waals surface area (Å²) in [6.45, 7) is 4.45. The molecule has 1 aromatic heterocycles. The van der Waals surface area contributed by atoms with Crippen molar-refractivity contribution in [2.75, 3.05) is 0 Å². The third kappa shape index (κ3) is 2.02. The summed E-state index contributed by atoms with van der Waals surface area (Å²) in [6, 6.07) is 19.0. The second kappa shape index (κ2) is 5.55. The average molecular weight is 317 g/mol. The number of benzene rings is 2. The van der Waals surface area contributed by atoms with Gasteiger partial charge in [-0.2, -0.15) is 0 Å². The van der Waals surface area contributed by atoms with Crippen LogP contribution in [-0.4, -0.2) is 4.57 Å². The Labute approximate surface area is 143 Å². The van der Waals surface area contributed by atoms with Gasteiger partial charge < -0.3 is 9.30 Å². The number of aromatic nitrogens is 1. The third-order valence-electron chi connectivity index (χ3n) is 5.31. The van der Waals surface area contributed by atoms with E-state index in [1.807, 2.05) is 0 Å². The van der Waals surface area contributed by atoms with Crippen LogP contribution < -0.4 is 4.74 Å². The normalized spacial score (nSPS) is 14.6. The Kier molecular flexibility index (Phi) is 3.49. The van der Waals surface area contributed by atoms with Crippen molar-refractivity contribution in [3.8, 4) is 28.1 Å². The minimum absolute atomic E-state index is 0.268. The summed E-state index contributed by atoms with van der Waals surface area (Å²) in [5, 5.41) is 0. The molecule has 0 fully saturated rings. The Bertz CT molecular complexity index is 872. The lowest BCUT2D eigenvalue weighted by Crippen LogP contribution is -2.35. The van der Waals surface area contributed by atoms with Crippen LogP contribution in [0.1, 0.15) is 32.3 Å². The van der Waals surface area contributed by atoms with Crippen LogP contribution in [0.25, 0.3) is 22.4 Å². The van der Waals surface area contributed by atoms with Crippen LogP contribution in [0.15, 0.2) is 60.8 Å². The molecule has 0 unspecified atom stereocenters. The lowest BCUT2D eigenvalue weighted by Gasteiger charge is -2.39. The van der Waals surface area contributed by atoms with E-state index in [4.69, 9.17) is 4.74 Å². The molecule has 2 aromatic carbocycles. The number of nitrogens with zero attached hydrogens (tertiary/aromatic N) is 1. The highest BCUT2D eigenvalue weighted by atomic mass is 16.5. The fourth-order valence-electron chi connectivity index (χ4n) is 4.01. The highest BCUT2D eigenvalue weighted by Crippen LogP contribution is 2.52. The van der Waals surface area contributed by atoms with E-state index in [1.165, 1.54) is 27.9 Å². The monoisotopic (exact) mass is 317 g/mol. The van der Waals surface area contributed by atoms with Crippen LogP contribution in [0.2, 0.25) is 0 Å². The number of rotatable bonds is 3. The number of fused-ring (bicyclic) bond motifs is 3. The zero-order valence-electron chi connectivity index (χ0n) is 14.5. The summed E-state index contributed by atoms with van der Waals surface area (Å²) in [6.07, 6.45) is 4.16. The molecule has 0 saturated carbocycles. The Balaban J connectivity index is 2.07. The first kappa shape index (κ1) is 15.1. The molecule has 0 atom stereocenters. The van der Waals surface area contributed by atoms with E-state index < -0.39 is 0 Å². The van der Waals surface area contributed by atoms with Crippen LogP contribution in [0, 0.1) is 0 Å². The van der Waals surface area contributed by atoms with Crippen LogP contribution in [0.4, 0.5) is 0 Å². The minimum Gasteiger partial charge on any atom is -0.482 e. The molecule has 0 N–H and O–H groups in total. The van der Waals surface area contributed by atoms with Crippen molar-refractivity contribution >= 4 is 0 Å². The van der Waals surface area contributed by atoms with Gasteiger partial charge in [-0.3, -0.25) is 0 Å². The Morgan fingerprint density at radius 1 is 0.875 bits per heavy atom. The molecule has 0 amide bonds. The second-order valence-electron chi connectivity index (χ2n) is 6.54. The van der Waals surface area contributed by atoms with Gasteiger partial charge in [-0.25, -0.2) is 0 Å². The fourth-order valence-corrected chi connectivity index (χ4v) is 4.01. The van der Waals surface area contributed by atoms with Crippen molar-refractivity contribution in [3.05, 3.63) is 66.4 Å². The smallest absolute Gasteiger partial charge is 0.136 e. The molecule has 4 rings (SSSR count). The second-order valence-corrected chi connectivity index (χ2v) is 6.54. The standard InChI is InChI=1S/C22H23NO/c1-4-22(5-2)20-18(16-11-7-6-8-12-16)15-23(3)21(20)17-13-9-10-14-19(17)24-22/h6-15H,4-5H2,1-3H3. The molecule has 2 heterocycles. The van der Waals surface area contributed by atoms with Gasteiger partial charge in [0.05, 0.1) is 5.69 Å². The summed E-state index contributed by atoms with van der Waals surface area (Å²) >= 11 is 0. The van der Waals surface area contributed by atoms with E-state index in [2.05, 4.69) is 86.3 Å². The van der Waals surface area contributed by atoms with Gasteiger partial charge >= 0.3 is 0 Å². The molecule has 2 heteroatoms. The number of ether oxygens (including phenoxy) is 1. The summed E-state index contributed by atoms with van der Waals surface area (Å²) in [7, 11) is 2.14. The van der Waals surface area contributed by atoms with Crippen molar-refractivity contribution in [1.82, 2.24) is 4.57 Å². The molecule has 0 bridgehead atoms. The van der Waals surface area contributed by atoms with Crippen molar-refractivity contribution in [1.29, 1.82) is 0 Å². The molecular weight excluding hydrogens is 294 g/mol. The maximum absolute atomic E-state index is 6.61. The van der Waals surface area contributed by atoms with Crippen molar-refractivity contribution in [2.45, 2.75) is 32.3 Å². The first-order chi connectivity index (χ1) is 11.7. The van der Waals surface area contributed by atoms with Crippen LogP contribution in [0.3, 0.4) is 0 Å². The van der Waals surface area contributed by atoms with Crippen LogP contribution in [0.5, 0.6) is 5.75 Å². The maximum atomic E-state index is 6.61. The third-order valence-corrected chi connectivity index (χ3v) is 5.31. The molecule has 2 nitrogen and oxygen atoms in total. The molecule has 0 spiro atoms. The molecule has 3 aromatic rings. The Morgan fingerprint density at radius 2 is 1.54 bits per heavy atom. The molecular formula is C22H23NO. The van der Waals surface area contributed by atoms with Crippen LogP contribution >= 0.6 is 0 Å². The lowest BCUT2D eigenvalue weighted by molar-refractivity contribution is 0.0551. The van der Waals surface area contributed by atoms with Gasteiger partial charge in [0.1, 0.15) is 11.4 Å². The number of para-hydroxylation sites is 1. The molecule has 24 heavy (non-hydrogen) atoms. The van der Waals surface area contributed by atoms with Crippen molar-refractivity contribution in [2.24, 2.45) is 7.05 Å². The first-order valence-corrected chi connectivity index (χ1v) is 8.74. The molecule has 0 aliphatic carbocycles. The van der Waals surface area contributed by atoms with Gasteiger partial charge in [0.2, 0.25) is 0 Å². The highest BCUT2D eigenvalue weighted by molar-refractivity contribution is 5.83. The lowest BCUT2D eigenvalue weighted by atomic mass is 9.80. The van der Waals surface area contributed by atoms with Crippen LogP contribution in [-0.2, 0) is 12.6 Å². The van der Waals surface area contributed by atoms with Gasteiger partial charge in [0, 0.05) is 29.9 Å². The number of hydrogen-bond acceptors (Lipinski definition) is 1. The SMILES string of the molecule is CCC1(CC)Oc2ccccc2-c2c1c(-c1ccccc1)cn2C. The van der Waals surface area contributed by atoms with E-state index in [1.54, 1.807) is 0 Å². The minimum atomic E-state index is -0.268. The molecule has 122 valence electrons. The largest absolute Gasteiger partial charge is 0.482 e. The predicted octanol–water partition coefficient (Wildman–Crippen LogP) is 5.77.